The number of nitrogens with zero attached hydrogens (tertiary/aromatic N) is 2. The molecular formula is C13H15N3O4S. The van der Waals surface area contributed by atoms with Gasteiger partial charge in [0.15, 0.2) is 9.84 Å². The molecule has 0 atom stereocenters. The van der Waals surface area contributed by atoms with Crippen molar-refractivity contribution in [3.8, 4) is 0 Å². The SMILES string of the molecule is CCS(=O)(=O)CCNc1ccc([N+](=O)[O-])c2ccncc12. The minimum Gasteiger partial charge on any atom is -0.383 e. The molecule has 8 heteroatoms. The molecule has 1 N–H and O–H groups in total. The summed E-state index contributed by atoms with van der Waals surface area (Å²) in [6.45, 7) is 1.85. The summed E-state index contributed by atoms with van der Waals surface area (Å²) < 4.78 is 22.9. The lowest BCUT2D eigenvalue weighted by molar-refractivity contribution is -0.383. The number of rotatable bonds is 6. The number of nitrogens with one attached hydrogen (secondary N) is 1. The fourth-order valence-corrected chi connectivity index (χ4v) is 2.67. The van der Waals surface area contributed by atoms with Crippen LogP contribution in [0.2, 0.25) is 0 Å². The van der Waals surface area contributed by atoms with Gasteiger partial charge in [-0.15, -0.1) is 0 Å². The van der Waals surface area contributed by atoms with E-state index in [0.29, 0.717) is 16.5 Å². The third-order valence-corrected chi connectivity index (χ3v) is 4.87. The Morgan fingerprint density at radius 3 is 2.71 bits per heavy atom. The number of fused-ring (bicyclic) bond motifs is 1. The Bertz CT molecular complexity index is 774. The first-order valence-corrected chi connectivity index (χ1v) is 8.22. The van der Waals surface area contributed by atoms with Crippen LogP contribution in [0.15, 0.2) is 30.6 Å². The van der Waals surface area contributed by atoms with Gasteiger partial charge in [-0.25, -0.2) is 8.42 Å². The largest absolute Gasteiger partial charge is 0.383 e. The molecule has 21 heavy (non-hydrogen) atoms. The first-order chi connectivity index (χ1) is 9.94. The highest BCUT2D eigenvalue weighted by molar-refractivity contribution is 7.91. The minimum absolute atomic E-state index is 0.000806. The van der Waals surface area contributed by atoms with E-state index in [9.17, 15) is 18.5 Å². The minimum atomic E-state index is -3.05. The van der Waals surface area contributed by atoms with Gasteiger partial charge < -0.3 is 5.32 Å². The number of nitro benzene ring substituents is 1. The monoisotopic (exact) mass is 309 g/mol. The summed E-state index contributed by atoms with van der Waals surface area (Å²) in [7, 11) is -3.05. The van der Waals surface area contributed by atoms with Crippen LogP contribution in [0.3, 0.4) is 0 Å². The summed E-state index contributed by atoms with van der Waals surface area (Å²) in [4.78, 5) is 14.5. The summed E-state index contributed by atoms with van der Waals surface area (Å²) in [6, 6.07) is 4.54. The zero-order valence-corrected chi connectivity index (χ0v) is 12.3. The standard InChI is InChI=1S/C13H15N3O4S/c1-2-21(19,20)8-7-15-12-3-4-13(16(17)18)10-5-6-14-9-11(10)12/h3-6,9,15H,2,7-8H2,1H3. The van der Waals surface area contributed by atoms with E-state index in [1.165, 1.54) is 18.5 Å². The van der Waals surface area contributed by atoms with Crippen molar-refractivity contribution in [3.63, 3.8) is 0 Å². The van der Waals surface area contributed by atoms with Crippen LogP contribution in [0.1, 0.15) is 6.92 Å². The van der Waals surface area contributed by atoms with Crippen LogP contribution < -0.4 is 5.32 Å². The molecule has 0 radical (unpaired) electrons. The maximum Gasteiger partial charge on any atom is 0.277 e. The highest BCUT2D eigenvalue weighted by Crippen LogP contribution is 2.30. The molecule has 0 saturated heterocycles. The molecule has 0 unspecified atom stereocenters. The maximum atomic E-state index is 11.5. The van der Waals surface area contributed by atoms with Gasteiger partial charge in [0.05, 0.1) is 16.1 Å². The highest BCUT2D eigenvalue weighted by Gasteiger charge is 2.14. The van der Waals surface area contributed by atoms with Crippen molar-refractivity contribution in [3.05, 3.63) is 40.7 Å². The van der Waals surface area contributed by atoms with Gasteiger partial charge in [0.1, 0.15) is 0 Å². The van der Waals surface area contributed by atoms with Crippen molar-refractivity contribution in [1.29, 1.82) is 0 Å². The summed E-state index contributed by atoms with van der Waals surface area (Å²) >= 11 is 0. The molecule has 1 aromatic heterocycles. The fourth-order valence-electron chi connectivity index (χ4n) is 1.97. The molecule has 0 fully saturated rings. The predicted octanol–water partition coefficient (Wildman–Crippen LogP) is 1.99. The van der Waals surface area contributed by atoms with Gasteiger partial charge in [0.2, 0.25) is 0 Å². The number of anilines is 1. The molecule has 0 spiro atoms. The van der Waals surface area contributed by atoms with Crippen LogP contribution in [0, 0.1) is 10.1 Å². The average molecular weight is 309 g/mol. The Hall–Kier alpha value is -2.22. The lowest BCUT2D eigenvalue weighted by atomic mass is 10.1. The Labute approximate surface area is 122 Å². The van der Waals surface area contributed by atoms with E-state index in [1.54, 1.807) is 19.1 Å². The van der Waals surface area contributed by atoms with Crippen LogP contribution in [-0.2, 0) is 9.84 Å². The molecule has 0 bridgehead atoms. The van der Waals surface area contributed by atoms with Crippen molar-refractivity contribution in [2.75, 3.05) is 23.4 Å². The second-order valence-electron chi connectivity index (χ2n) is 4.47. The van der Waals surface area contributed by atoms with Gasteiger partial charge in [-0.1, -0.05) is 6.92 Å². The second kappa shape index (κ2) is 6.04. The first kappa shape index (κ1) is 15.2. The lowest BCUT2D eigenvalue weighted by Gasteiger charge is -2.09. The van der Waals surface area contributed by atoms with E-state index in [2.05, 4.69) is 10.3 Å². The lowest BCUT2D eigenvalue weighted by Crippen LogP contribution is -2.17. The molecule has 2 aromatic rings. The van der Waals surface area contributed by atoms with Crippen molar-refractivity contribution >= 4 is 32.0 Å². The molecule has 0 amide bonds. The van der Waals surface area contributed by atoms with E-state index in [-0.39, 0.29) is 23.7 Å². The van der Waals surface area contributed by atoms with Crippen molar-refractivity contribution < 1.29 is 13.3 Å². The second-order valence-corrected chi connectivity index (χ2v) is 6.95. The summed E-state index contributed by atoms with van der Waals surface area (Å²) in [5, 5.41) is 15.1. The number of benzene rings is 1. The van der Waals surface area contributed by atoms with E-state index in [0.717, 1.165) is 0 Å². The number of aromatic nitrogens is 1. The van der Waals surface area contributed by atoms with Gasteiger partial charge in [-0.3, -0.25) is 15.1 Å². The molecule has 0 aliphatic carbocycles. The smallest absolute Gasteiger partial charge is 0.277 e. The van der Waals surface area contributed by atoms with Gasteiger partial charge >= 0.3 is 0 Å². The zero-order chi connectivity index (χ0) is 15.5. The zero-order valence-electron chi connectivity index (χ0n) is 11.4. The Balaban J connectivity index is 2.30. The summed E-state index contributed by atoms with van der Waals surface area (Å²) in [6.07, 6.45) is 3.01. The highest BCUT2D eigenvalue weighted by atomic mass is 32.2. The van der Waals surface area contributed by atoms with E-state index in [1.807, 2.05) is 0 Å². The summed E-state index contributed by atoms with van der Waals surface area (Å²) in [5.74, 6) is 0.111. The molecule has 1 heterocycles. The third kappa shape index (κ3) is 3.46. The normalized spacial score (nSPS) is 11.5. The molecule has 7 nitrogen and oxygen atoms in total. The number of nitro groups is 1. The third-order valence-electron chi connectivity index (χ3n) is 3.16. The predicted molar refractivity (Wildman–Crippen MR) is 81.2 cm³/mol. The van der Waals surface area contributed by atoms with Crippen molar-refractivity contribution in [2.24, 2.45) is 0 Å². The van der Waals surface area contributed by atoms with E-state index < -0.39 is 14.8 Å². The molecule has 0 aliphatic rings. The van der Waals surface area contributed by atoms with Gasteiger partial charge in [-0.2, -0.15) is 0 Å². The Kier molecular flexibility index (Phi) is 4.37. The molecule has 1 aromatic carbocycles. The molecular weight excluding hydrogens is 294 g/mol. The molecule has 0 saturated carbocycles. The van der Waals surface area contributed by atoms with Crippen LogP contribution >= 0.6 is 0 Å². The topological polar surface area (TPSA) is 102 Å². The van der Waals surface area contributed by atoms with Gasteiger partial charge in [-0.05, 0) is 12.1 Å². The van der Waals surface area contributed by atoms with Crippen LogP contribution in [0.4, 0.5) is 11.4 Å². The fraction of sp³-hybridized carbons (Fsp3) is 0.308. The number of hydrogen-bond donors (Lipinski definition) is 1. The summed E-state index contributed by atoms with van der Waals surface area (Å²) in [5.41, 5.74) is 0.633. The van der Waals surface area contributed by atoms with E-state index in [4.69, 9.17) is 0 Å². The number of sulfone groups is 1. The van der Waals surface area contributed by atoms with Crippen molar-refractivity contribution in [2.45, 2.75) is 6.92 Å². The van der Waals surface area contributed by atoms with Crippen LogP contribution in [0.5, 0.6) is 0 Å². The maximum absolute atomic E-state index is 11.5. The first-order valence-electron chi connectivity index (χ1n) is 6.40. The molecule has 2 rings (SSSR count). The molecule has 112 valence electrons. The number of hydrogen-bond acceptors (Lipinski definition) is 6. The van der Waals surface area contributed by atoms with Crippen molar-refractivity contribution in [1.82, 2.24) is 4.98 Å². The van der Waals surface area contributed by atoms with E-state index >= 15 is 0 Å². The Morgan fingerprint density at radius 1 is 1.29 bits per heavy atom. The van der Waals surface area contributed by atoms with Crippen LogP contribution in [-0.4, -0.2) is 36.4 Å². The number of non-ortho nitro benzene ring substituents is 1. The van der Waals surface area contributed by atoms with Gasteiger partial charge in [0.25, 0.3) is 5.69 Å². The van der Waals surface area contributed by atoms with Crippen LogP contribution in [0.25, 0.3) is 10.8 Å². The molecule has 0 aliphatic heterocycles. The van der Waals surface area contributed by atoms with Gasteiger partial charge in [0, 0.05) is 41.8 Å². The number of pyridine rings is 1. The Morgan fingerprint density at radius 2 is 2.05 bits per heavy atom. The quantitative estimate of drug-likeness (QED) is 0.646. The average Bonchev–Trinajstić information content (AvgIpc) is 2.47.